The summed E-state index contributed by atoms with van der Waals surface area (Å²) in [5.74, 6) is 0.254. The van der Waals surface area contributed by atoms with Gasteiger partial charge in [0.2, 0.25) is 0 Å². The first kappa shape index (κ1) is 30.0. The van der Waals surface area contributed by atoms with Crippen LogP contribution in [-0.4, -0.2) is 14.5 Å². The van der Waals surface area contributed by atoms with E-state index in [9.17, 15) is 0 Å². The van der Waals surface area contributed by atoms with Crippen molar-refractivity contribution < 1.29 is 21.5 Å². The molecule has 0 unspecified atom stereocenters. The van der Waals surface area contributed by atoms with Crippen LogP contribution in [0, 0.1) is 11.4 Å². The van der Waals surface area contributed by atoms with Gasteiger partial charge in [-0.1, -0.05) is 114 Å². The van der Waals surface area contributed by atoms with Crippen LogP contribution in [0.1, 0.15) is 26.7 Å². The van der Waals surface area contributed by atoms with E-state index in [0.29, 0.717) is 0 Å². The fourth-order valence-electron chi connectivity index (χ4n) is 5.41. The van der Waals surface area contributed by atoms with E-state index in [0.717, 1.165) is 55.0 Å². The second-order valence-corrected chi connectivity index (χ2v) is 11.8. The minimum Gasteiger partial charge on any atom is -0.333 e. The predicted molar refractivity (Wildman–Crippen MR) is 189 cm³/mol. The van der Waals surface area contributed by atoms with Crippen molar-refractivity contribution in [1.82, 2.24) is 14.5 Å². The molecule has 0 amide bonds. The SMILES string of the molecule is [2H]C(C)(C)c1ccc2c(-c3nc4ccccc4n3-c3ccc(-c4ccccc4)cc3)[c-]sc2c1.[Ir].[c-]1ccccc1-c1ccccn1. The summed E-state index contributed by atoms with van der Waals surface area (Å²) < 4.78 is 11.8. The number of imidazole rings is 1. The third-order valence-electron chi connectivity index (χ3n) is 7.76. The average Bonchev–Trinajstić information content (AvgIpc) is 3.71. The Bertz CT molecular complexity index is 2180. The summed E-state index contributed by atoms with van der Waals surface area (Å²) in [6.07, 6.45) is 1.79. The van der Waals surface area contributed by atoms with Crippen molar-refractivity contribution in [3.8, 4) is 39.5 Å². The van der Waals surface area contributed by atoms with Gasteiger partial charge in [0.25, 0.3) is 0 Å². The summed E-state index contributed by atoms with van der Waals surface area (Å²) in [5.41, 5.74) is 9.51. The van der Waals surface area contributed by atoms with Gasteiger partial charge in [0.05, 0.1) is 16.9 Å². The minimum atomic E-state index is -0.633. The van der Waals surface area contributed by atoms with Gasteiger partial charge in [-0.25, -0.2) is 0 Å². The second kappa shape index (κ2) is 14.2. The maximum atomic E-state index is 8.40. The number of pyridine rings is 1. The Morgan fingerprint density at radius 3 is 2.24 bits per heavy atom. The van der Waals surface area contributed by atoms with Crippen LogP contribution >= 0.6 is 11.3 Å². The van der Waals surface area contributed by atoms with Crippen LogP contribution in [0.5, 0.6) is 0 Å². The van der Waals surface area contributed by atoms with Crippen LogP contribution in [0.4, 0.5) is 0 Å². The van der Waals surface area contributed by atoms with Crippen molar-refractivity contribution in [3.05, 3.63) is 163 Å². The van der Waals surface area contributed by atoms with Gasteiger partial charge < -0.3 is 9.55 Å². The molecule has 0 aliphatic heterocycles. The van der Waals surface area contributed by atoms with E-state index < -0.39 is 5.89 Å². The third-order valence-corrected chi connectivity index (χ3v) is 8.62. The van der Waals surface area contributed by atoms with E-state index in [2.05, 4.69) is 106 Å². The average molecular weight is 791 g/mol. The zero-order valence-electron chi connectivity index (χ0n) is 26.4. The van der Waals surface area contributed by atoms with E-state index in [4.69, 9.17) is 6.35 Å². The number of hydrogen-bond acceptors (Lipinski definition) is 3. The maximum absolute atomic E-state index is 8.40. The fraction of sp³-hybridized carbons (Fsp3) is 0.0732. The van der Waals surface area contributed by atoms with E-state index in [1.807, 2.05) is 68.4 Å². The number of rotatable bonds is 5. The molecule has 3 aromatic heterocycles. The molecule has 5 aromatic carbocycles. The number of aromatic nitrogens is 3. The molecule has 3 nitrogen and oxygen atoms in total. The standard InChI is InChI=1S/C30H23N2S.C11H8N.Ir/c1-20(2)23-14-17-25-26(19-33-29(25)18-23)30-31-27-10-6-7-11-28(27)32(30)24-15-12-22(13-16-24)21-8-4-3-5-9-21;1-2-6-10(7-3-1)11-8-4-5-9-12-11;/h3-18,20H,1-2H3;1-6,8-9H;/q2*-1;/i20D;;. The molecule has 0 saturated heterocycles. The molecule has 227 valence electrons. The summed E-state index contributed by atoms with van der Waals surface area (Å²) >= 11 is 1.59. The number of fused-ring (bicyclic) bond motifs is 2. The van der Waals surface area contributed by atoms with Crippen molar-refractivity contribution in [3.63, 3.8) is 0 Å². The monoisotopic (exact) mass is 791 g/mol. The third kappa shape index (κ3) is 6.49. The molecular weight excluding hydrogens is 759 g/mol. The van der Waals surface area contributed by atoms with Gasteiger partial charge >= 0.3 is 0 Å². The first-order valence-corrected chi connectivity index (χ1v) is 15.7. The number of nitrogens with zero attached hydrogens (tertiary/aromatic N) is 3. The maximum Gasteiger partial charge on any atom is 0.0774 e. The summed E-state index contributed by atoms with van der Waals surface area (Å²) in [6.45, 7) is 3.84. The molecule has 5 heteroatoms. The van der Waals surface area contributed by atoms with Crippen LogP contribution in [-0.2, 0) is 20.1 Å². The molecule has 0 bridgehead atoms. The molecule has 0 N–H and O–H groups in total. The smallest absolute Gasteiger partial charge is 0.0774 e. The molecule has 0 fully saturated rings. The number of para-hydroxylation sites is 2. The Kier molecular flexibility index (Phi) is 9.25. The topological polar surface area (TPSA) is 30.7 Å². The molecule has 8 rings (SSSR count). The molecule has 8 aromatic rings. The van der Waals surface area contributed by atoms with Gasteiger partial charge in [0.1, 0.15) is 0 Å². The first-order valence-electron chi connectivity index (χ1n) is 15.4. The largest absolute Gasteiger partial charge is 0.333 e. The fourth-order valence-corrected chi connectivity index (χ4v) is 6.29. The van der Waals surface area contributed by atoms with Crippen LogP contribution in [0.15, 0.2) is 146 Å². The Morgan fingerprint density at radius 2 is 1.50 bits per heavy atom. The predicted octanol–water partition coefficient (Wildman–Crippen LogP) is 11.0. The van der Waals surface area contributed by atoms with Gasteiger partial charge in [-0.15, -0.1) is 47.3 Å². The summed E-state index contributed by atoms with van der Waals surface area (Å²) in [7, 11) is 0. The first-order chi connectivity index (χ1) is 22.5. The zero-order valence-corrected chi connectivity index (χ0v) is 28.7. The Hall–Kier alpha value is -4.67. The van der Waals surface area contributed by atoms with Crippen molar-refractivity contribution in [2.24, 2.45) is 0 Å². The van der Waals surface area contributed by atoms with E-state index in [-0.39, 0.29) is 20.1 Å². The number of hydrogen-bond donors (Lipinski definition) is 0. The summed E-state index contributed by atoms with van der Waals surface area (Å²) in [5, 5.41) is 4.63. The molecule has 0 aliphatic carbocycles. The minimum absolute atomic E-state index is 0. The van der Waals surface area contributed by atoms with Gasteiger partial charge in [-0.3, -0.25) is 16.3 Å². The van der Waals surface area contributed by atoms with Crippen LogP contribution in [0.25, 0.3) is 60.6 Å². The second-order valence-electron chi connectivity index (χ2n) is 11.0. The molecule has 0 saturated carbocycles. The normalized spacial score (nSPS) is 11.4. The van der Waals surface area contributed by atoms with Crippen molar-refractivity contribution in [2.45, 2.75) is 19.7 Å². The Balaban J connectivity index is 0.000000250. The molecule has 0 aliphatic rings. The van der Waals surface area contributed by atoms with E-state index in [1.54, 1.807) is 17.5 Å². The Labute approximate surface area is 289 Å². The zero-order chi connectivity index (χ0) is 31.5. The summed E-state index contributed by atoms with van der Waals surface area (Å²) in [4.78, 5) is 9.25. The van der Waals surface area contributed by atoms with E-state index in [1.165, 1.54) is 11.1 Å². The molecular formula is C41H31IrN3S-2. The number of benzene rings is 5. The van der Waals surface area contributed by atoms with Crippen molar-refractivity contribution in [1.29, 1.82) is 0 Å². The van der Waals surface area contributed by atoms with Gasteiger partial charge in [0.15, 0.2) is 0 Å². The molecule has 1 radical (unpaired) electrons. The van der Waals surface area contributed by atoms with Crippen LogP contribution in [0.2, 0.25) is 0 Å². The van der Waals surface area contributed by atoms with Crippen LogP contribution in [0.3, 0.4) is 0 Å². The van der Waals surface area contributed by atoms with Gasteiger partial charge in [-0.05, 0) is 53.0 Å². The van der Waals surface area contributed by atoms with Crippen molar-refractivity contribution >= 4 is 32.5 Å². The molecule has 0 spiro atoms. The quantitative estimate of drug-likeness (QED) is 0.163. The molecule has 0 atom stereocenters. The van der Waals surface area contributed by atoms with Gasteiger partial charge in [0, 0.05) is 33.4 Å². The van der Waals surface area contributed by atoms with Gasteiger partial charge in [-0.2, -0.15) is 0 Å². The van der Waals surface area contributed by atoms with E-state index >= 15 is 0 Å². The Morgan fingerprint density at radius 1 is 0.761 bits per heavy atom. The van der Waals surface area contributed by atoms with Crippen molar-refractivity contribution in [2.75, 3.05) is 0 Å². The number of thiophene rings is 1. The molecule has 46 heavy (non-hydrogen) atoms. The molecule has 3 heterocycles. The van der Waals surface area contributed by atoms with Crippen LogP contribution < -0.4 is 0 Å². The summed E-state index contributed by atoms with van der Waals surface area (Å²) in [6, 6.07) is 50.5.